The first kappa shape index (κ1) is 15.7. The van der Waals surface area contributed by atoms with Crippen molar-refractivity contribution in [3.8, 4) is 0 Å². The topological polar surface area (TPSA) is 79.3 Å². The molecule has 2 N–H and O–H groups in total. The normalized spacial score (nSPS) is 10.5. The molecular formula is C19H16N2O3. The molecule has 0 atom stereocenters. The van der Waals surface area contributed by atoms with E-state index < -0.39 is 5.97 Å². The van der Waals surface area contributed by atoms with Gasteiger partial charge in [-0.2, -0.15) is 0 Å². The van der Waals surface area contributed by atoms with Crippen LogP contribution in [-0.4, -0.2) is 22.0 Å². The third kappa shape index (κ3) is 3.41. The van der Waals surface area contributed by atoms with Crippen molar-refractivity contribution in [2.45, 2.75) is 13.3 Å². The van der Waals surface area contributed by atoms with Gasteiger partial charge in [0.2, 0.25) is 0 Å². The molecule has 0 saturated heterocycles. The Bertz CT molecular complexity index is 918. The maximum absolute atomic E-state index is 12.5. The van der Waals surface area contributed by atoms with Gasteiger partial charge in [0.05, 0.1) is 23.2 Å². The molecule has 24 heavy (non-hydrogen) atoms. The number of rotatable bonds is 4. The minimum Gasteiger partial charge on any atom is -0.481 e. The first-order valence-electron chi connectivity index (χ1n) is 7.51. The predicted octanol–water partition coefficient (Wildman–Crippen LogP) is 3.42. The second-order valence-electron chi connectivity index (χ2n) is 5.54. The summed E-state index contributed by atoms with van der Waals surface area (Å²) in [5.74, 6) is -1.12. The van der Waals surface area contributed by atoms with Crippen LogP contribution in [0.1, 0.15) is 21.6 Å². The molecule has 5 heteroatoms. The van der Waals surface area contributed by atoms with Crippen LogP contribution < -0.4 is 5.32 Å². The molecule has 3 aromatic rings. The molecule has 5 nitrogen and oxygen atoms in total. The van der Waals surface area contributed by atoms with Crippen LogP contribution in [0.15, 0.2) is 54.6 Å². The monoisotopic (exact) mass is 320 g/mol. The molecule has 0 spiro atoms. The van der Waals surface area contributed by atoms with E-state index in [9.17, 15) is 9.59 Å². The number of aromatic nitrogens is 1. The quantitative estimate of drug-likeness (QED) is 0.772. The van der Waals surface area contributed by atoms with Gasteiger partial charge in [-0.15, -0.1) is 0 Å². The number of hydrogen-bond donors (Lipinski definition) is 2. The first-order valence-corrected chi connectivity index (χ1v) is 7.51. The van der Waals surface area contributed by atoms with Crippen LogP contribution in [0.3, 0.4) is 0 Å². The van der Waals surface area contributed by atoms with Crippen molar-refractivity contribution in [1.82, 2.24) is 4.98 Å². The number of pyridine rings is 1. The van der Waals surface area contributed by atoms with E-state index in [0.29, 0.717) is 22.5 Å². The van der Waals surface area contributed by atoms with E-state index in [1.165, 1.54) is 0 Å². The standard InChI is InChI=1S/C19H16N2O3/c1-12-16(11-14-4-2-3-5-17(14)20-12)19(24)21-15-8-6-13(7-9-15)10-18(22)23/h2-9,11H,10H2,1H3,(H,21,24)(H,22,23). The highest BCUT2D eigenvalue weighted by Crippen LogP contribution is 2.18. The van der Waals surface area contributed by atoms with Crippen LogP contribution in [0.2, 0.25) is 0 Å². The van der Waals surface area contributed by atoms with Crippen molar-refractivity contribution in [3.63, 3.8) is 0 Å². The van der Waals surface area contributed by atoms with Crippen LogP contribution in [0.25, 0.3) is 10.9 Å². The van der Waals surface area contributed by atoms with E-state index in [1.807, 2.05) is 30.3 Å². The Kier molecular flexibility index (Phi) is 4.24. The minimum absolute atomic E-state index is 0.0398. The number of carboxylic acids is 1. The number of anilines is 1. The number of hydrogen-bond acceptors (Lipinski definition) is 3. The molecule has 0 aliphatic rings. The maximum atomic E-state index is 12.5. The molecule has 0 saturated carbocycles. The van der Waals surface area contributed by atoms with Crippen LogP contribution >= 0.6 is 0 Å². The zero-order chi connectivity index (χ0) is 17.1. The summed E-state index contributed by atoms with van der Waals surface area (Å²) in [7, 11) is 0. The van der Waals surface area contributed by atoms with Gasteiger partial charge in [-0.05, 0) is 36.8 Å². The number of benzene rings is 2. The number of aliphatic carboxylic acids is 1. The third-order valence-corrected chi connectivity index (χ3v) is 3.73. The van der Waals surface area contributed by atoms with E-state index >= 15 is 0 Å². The third-order valence-electron chi connectivity index (χ3n) is 3.73. The number of carboxylic acid groups (broad SMARTS) is 1. The Balaban J connectivity index is 1.82. The summed E-state index contributed by atoms with van der Waals surface area (Å²) in [6.07, 6.45) is -0.0398. The Morgan fingerprint density at radius 2 is 1.79 bits per heavy atom. The lowest BCUT2D eigenvalue weighted by Crippen LogP contribution is -2.14. The number of carbonyl (C=O) groups is 2. The van der Waals surface area contributed by atoms with Crippen molar-refractivity contribution in [2.75, 3.05) is 5.32 Å². The number of fused-ring (bicyclic) bond motifs is 1. The van der Waals surface area contributed by atoms with Gasteiger partial charge >= 0.3 is 5.97 Å². The highest BCUT2D eigenvalue weighted by Gasteiger charge is 2.12. The molecule has 120 valence electrons. The minimum atomic E-state index is -0.885. The Labute approximate surface area is 139 Å². The van der Waals surface area contributed by atoms with Gasteiger partial charge in [0.25, 0.3) is 5.91 Å². The smallest absolute Gasteiger partial charge is 0.307 e. The molecule has 1 amide bonds. The lowest BCUT2D eigenvalue weighted by molar-refractivity contribution is -0.136. The van der Waals surface area contributed by atoms with Crippen molar-refractivity contribution in [1.29, 1.82) is 0 Å². The number of carbonyl (C=O) groups excluding carboxylic acids is 1. The molecule has 3 rings (SSSR count). The fourth-order valence-electron chi connectivity index (χ4n) is 2.52. The number of amides is 1. The largest absolute Gasteiger partial charge is 0.481 e. The zero-order valence-corrected chi connectivity index (χ0v) is 13.1. The van der Waals surface area contributed by atoms with Crippen molar-refractivity contribution in [3.05, 3.63) is 71.4 Å². The van der Waals surface area contributed by atoms with Gasteiger partial charge in [0.15, 0.2) is 0 Å². The molecular weight excluding hydrogens is 304 g/mol. The summed E-state index contributed by atoms with van der Waals surface area (Å²) in [5, 5.41) is 12.5. The van der Waals surface area contributed by atoms with Gasteiger partial charge in [0.1, 0.15) is 0 Å². The average Bonchev–Trinajstić information content (AvgIpc) is 2.55. The van der Waals surface area contributed by atoms with E-state index in [0.717, 1.165) is 10.9 Å². The Morgan fingerprint density at radius 3 is 2.50 bits per heavy atom. The summed E-state index contributed by atoms with van der Waals surface area (Å²) >= 11 is 0. The molecule has 0 aliphatic carbocycles. The molecule has 0 fully saturated rings. The molecule has 0 aliphatic heterocycles. The number of para-hydroxylation sites is 1. The Morgan fingerprint density at radius 1 is 1.08 bits per heavy atom. The van der Waals surface area contributed by atoms with Gasteiger partial charge in [0, 0.05) is 11.1 Å². The van der Waals surface area contributed by atoms with Crippen LogP contribution in [0, 0.1) is 6.92 Å². The summed E-state index contributed by atoms with van der Waals surface area (Å²) in [4.78, 5) is 27.6. The molecule has 2 aromatic carbocycles. The molecule has 1 heterocycles. The van der Waals surface area contributed by atoms with E-state index in [2.05, 4.69) is 10.3 Å². The number of aryl methyl sites for hydroxylation is 1. The lowest BCUT2D eigenvalue weighted by Gasteiger charge is -2.09. The maximum Gasteiger partial charge on any atom is 0.307 e. The fourth-order valence-corrected chi connectivity index (χ4v) is 2.52. The Hall–Kier alpha value is -3.21. The van der Waals surface area contributed by atoms with Crippen molar-refractivity contribution >= 4 is 28.5 Å². The van der Waals surface area contributed by atoms with Gasteiger partial charge in [-0.3, -0.25) is 14.6 Å². The molecule has 0 unspecified atom stereocenters. The highest BCUT2D eigenvalue weighted by atomic mass is 16.4. The van der Waals surface area contributed by atoms with Crippen LogP contribution in [-0.2, 0) is 11.2 Å². The summed E-state index contributed by atoms with van der Waals surface area (Å²) in [5.41, 5.74) is 3.33. The average molecular weight is 320 g/mol. The molecule has 0 bridgehead atoms. The second-order valence-corrected chi connectivity index (χ2v) is 5.54. The highest BCUT2D eigenvalue weighted by molar-refractivity contribution is 6.06. The summed E-state index contributed by atoms with van der Waals surface area (Å²) < 4.78 is 0. The summed E-state index contributed by atoms with van der Waals surface area (Å²) in [6.45, 7) is 1.80. The van der Waals surface area contributed by atoms with Crippen LogP contribution in [0.4, 0.5) is 5.69 Å². The fraction of sp³-hybridized carbons (Fsp3) is 0.105. The van der Waals surface area contributed by atoms with E-state index in [4.69, 9.17) is 5.11 Å². The molecule has 1 aromatic heterocycles. The SMILES string of the molecule is Cc1nc2ccccc2cc1C(=O)Nc1ccc(CC(=O)O)cc1. The van der Waals surface area contributed by atoms with Gasteiger partial charge in [-0.25, -0.2) is 0 Å². The van der Waals surface area contributed by atoms with Crippen LogP contribution in [0.5, 0.6) is 0 Å². The van der Waals surface area contributed by atoms with Crippen molar-refractivity contribution < 1.29 is 14.7 Å². The van der Waals surface area contributed by atoms with Crippen molar-refractivity contribution in [2.24, 2.45) is 0 Å². The zero-order valence-electron chi connectivity index (χ0n) is 13.1. The van der Waals surface area contributed by atoms with Gasteiger partial charge in [-0.1, -0.05) is 30.3 Å². The van der Waals surface area contributed by atoms with Gasteiger partial charge < -0.3 is 10.4 Å². The number of nitrogens with zero attached hydrogens (tertiary/aromatic N) is 1. The molecule has 0 radical (unpaired) electrons. The van der Waals surface area contributed by atoms with E-state index in [-0.39, 0.29) is 12.3 Å². The summed E-state index contributed by atoms with van der Waals surface area (Å²) in [6, 6.07) is 16.2. The predicted molar refractivity (Wildman–Crippen MR) is 92.2 cm³/mol. The van der Waals surface area contributed by atoms with E-state index in [1.54, 1.807) is 31.2 Å². The lowest BCUT2D eigenvalue weighted by atomic mass is 10.1. The first-order chi connectivity index (χ1) is 11.5. The number of nitrogens with one attached hydrogen (secondary N) is 1. The second kappa shape index (κ2) is 6.50.